The molecule has 0 bridgehead atoms. The van der Waals surface area contributed by atoms with Crippen molar-refractivity contribution in [1.82, 2.24) is 10.2 Å². The number of hydrogen-bond donors (Lipinski definition) is 2. The fourth-order valence-corrected chi connectivity index (χ4v) is 1.49. The molecule has 0 saturated heterocycles. The minimum atomic E-state index is -0.155. The minimum Gasteiger partial charge on any atom is -0.408 e. The molecule has 3 N–H and O–H groups in total. The van der Waals surface area contributed by atoms with Crippen LogP contribution in [0.2, 0.25) is 0 Å². The van der Waals surface area contributed by atoms with E-state index in [2.05, 4.69) is 15.5 Å². The zero-order chi connectivity index (χ0) is 12.0. The van der Waals surface area contributed by atoms with Crippen molar-refractivity contribution >= 4 is 23.7 Å². The molecule has 0 spiro atoms. The molecule has 0 aliphatic rings. The van der Waals surface area contributed by atoms with Gasteiger partial charge in [-0.05, 0) is 0 Å². The summed E-state index contributed by atoms with van der Waals surface area (Å²) in [5.41, 5.74) is 5.31. The number of carbonyl (C=O) groups excluding carboxylic acids is 1. The lowest BCUT2D eigenvalue weighted by atomic mass is 10.2. The fourth-order valence-electron chi connectivity index (χ4n) is 0.922. The first kappa shape index (κ1) is 13.0. The monoisotopic (exact) mass is 244 g/mol. The van der Waals surface area contributed by atoms with Crippen LogP contribution < -0.4 is 11.1 Å². The lowest BCUT2D eigenvalue weighted by Gasteiger charge is -1.99. The van der Waals surface area contributed by atoms with E-state index in [9.17, 15) is 4.79 Å². The molecule has 1 heterocycles. The number of thioether (sulfide) groups is 1. The first-order valence-corrected chi connectivity index (χ1v) is 6.20. The van der Waals surface area contributed by atoms with E-state index in [4.69, 9.17) is 10.2 Å². The van der Waals surface area contributed by atoms with Crippen molar-refractivity contribution in [2.75, 3.05) is 23.4 Å². The number of hydrogen-bond acceptors (Lipinski definition) is 6. The fraction of sp³-hybridized carbons (Fsp3) is 0.667. The van der Waals surface area contributed by atoms with Crippen LogP contribution in [0.3, 0.4) is 0 Å². The van der Waals surface area contributed by atoms with Crippen molar-refractivity contribution < 1.29 is 9.21 Å². The van der Waals surface area contributed by atoms with Crippen LogP contribution in [0.5, 0.6) is 0 Å². The summed E-state index contributed by atoms with van der Waals surface area (Å²) in [5.74, 6) is 1.62. The zero-order valence-corrected chi connectivity index (χ0v) is 10.2. The number of nitrogens with zero attached hydrogens (tertiary/aromatic N) is 2. The molecular formula is C9H16N4O2S. The Labute approximate surface area is 98.4 Å². The number of aromatic nitrogens is 2. The topological polar surface area (TPSA) is 94.0 Å². The molecule has 1 aromatic heterocycles. The van der Waals surface area contributed by atoms with Gasteiger partial charge in [0, 0.05) is 18.2 Å². The van der Waals surface area contributed by atoms with E-state index in [0.717, 1.165) is 5.75 Å². The maximum absolute atomic E-state index is 11.4. The van der Waals surface area contributed by atoms with Gasteiger partial charge in [-0.15, -0.1) is 5.10 Å². The average molecular weight is 244 g/mol. The summed E-state index contributed by atoms with van der Waals surface area (Å²) in [5, 5.41) is 10.1. The van der Waals surface area contributed by atoms with Crippen LogP contribution >= 0.6 is 11.8 Å². The Bertz CT molecular complexity index is 340. The van der Waals surface area contributed by atoms with Crippen LogP contribution in [0, 0.1) is 0 Å². The molecule has 16 heavy (non-hydrogen) atoms. The molecule has 0 atom stereocenters. The van der Waals surface area contributed by atoms with Crippen LogP contribution in [0.25, 0.3) is 0 Å². The van der Waals surface area contributed by atoms with Gasteiger partial charge in [0.05, 0.1) is 5.75 Å². The summed E-state index contributed by atoms with van der Waals surface area (Å²) in [6.07, 6.45) is 0. The third kappa shape index (κ3) is 4.19. The third-order valence-corrected chi connectivity index (χ3v) is 2.67. The average Bonchev–Trinajstić information content (AvgIpc) is 2.66. The lowest BCUT2D eigenvalue weighted by molar-refractivity contribution is -0.113. The number of rotatable bonds is 6. The van der Waals surface area contributed by atoms with E-state index in [1.54, 1.807) is 0 Å². The van der Waals surface area contributed by atoms with E-state index in [1.807, 2.05) is 13.8 Å². The molecule has 0 aliphatic carbocycles. The third-order valence-electron chi connectivity index (χ3n) is 1.68. The molecule has 0 aliphatic heterocycles. The minimum absolute atomic E-state index is 0.155. The molecule has 90 valence electrons. The molecule has 1 amide bonds. The molecular weight excluding hydrogens is 228 g/mol. The van der Waals surface area contributed by atoms with Crippen molar-refractivity contribution in [3.05, 3.63) is 5.89 Å². The van der Waals surface area contributed by atoms with Gasteiger partial charge in [-0.2, -0.15) is 11.8 Å². The Morgan fingerprint density at radius 2 is 2.31 bits per heavy atom. The van der Waals surface area contributed by atoms with E-state index in [-0.39, 0.29) is 17.8 Å². The SMILES string of the molecule is CC(C)c1nnc(NC(=O)CSCCN)o1. The molecule has 0 fully saturated rings. The first-order valence-electron chi connectivity index (χ1n) is 5.04. The highest BCUT2D eigenvalue weighted by Crippen LogP contribution is 2.14. The molecule has 0 radical (unpaired) electrons. The smallest absolute Gasteiger partial charge is 0.322 e. The van der Waals surface area contributed by atoms with Crippen LogP contribution in [0.1, 0.15) is 25.7 Å². The number of anilines is 1. The van der Waals surface area contributed by atoms with Gasteiger partial charge in [-0.25, -0.2) is 0 Å². The molecule has 7 heteroatoms. The Morgan fingerprint density at radius 3 is 2.88 bits per heavy atom. The number of amides is 1. The first-order chi connectivity index (χ1) is 7.63. The summed E-state index contributed by atoms with van der Waals surface area (Å²) >= 11 is 1.47. The second kappa shape index (κ2) is 6.49. The predicted octanol–water partition coefficient (Wildman–Crippen LogP) is 0.823. The van der Waals surface area contributed by atoms with Crippen molar-refractivity contribution in [2.45, 2.75) is 19.8 Å². The van der Waals surface area contributed by atoms with Crippen molar-refractivity contribution in [2.24, 2.45) is 5.73 Å². The van der Waals surface area contributed by atoms with Crippen molar-refractivity contribution in [3.8, 4) is 0 Å². The van der Waals surface area contributed by atoms with Crippen LogP contribution in [-0.2, 0) is 4.79 Å². The van der Waals surface area contributed by atoms with E-state index in [0.29, 0.717) is 18.2 Å². The summed E-state index contributed by atoms with van der Waals surface area (Å²) < 4.78 is 5.23. The molecule has 0 aromatic carbocycles. The molecule has 1 aromatic rings. The highest BCUT2D eigenvalue weighted by molar-refractivity contribution is 7.99. The van der Waals surface area contributed by atoms with Gasteiger partial charge in [-0.1, -0.05) is 18.9 Å². The number of carbonyl (C=O) groups is 1. The highest BCUT2D eigenvalue weighted by Gasteiger charge is 2.11. The maximum Gasteiger partial charge on any atom is 0.322 e. The molecule has 1 rings (SSSR count). The second-order valence-corrected chi connectivity index (χ2v) is 4.59. The van der Waals surface area contributed by atoms with E-state index >= 15 is 0 Å². The van der Waals surface area contributed by atoms with Gasteiger partial charge < -0.3 is 10.2 Å². The van der Waals surface area contributed by atoms with Crippen molar-refractivity contribution in [3.63, 3.8) is 0 Å². The maximum atomic E-state index is 11.4. The van der Waals surface area contributed by atoms with Crippen LogP contribution in [-0.4, -0.2) is 34.2 Å². The Balaban J connectivity index is 2.37. The Kier molecular flexibility index (Phi) is 5.27. The quantitative estimate of drug-likeness (QED) is 0.720. The lowest BCUT2D eigenvalue weighted by Crippen LogP contribution is -2.15. The van der Waals surface area contributed by atoms with Gasteiger partial charge in [-0.3, -0.25) is 10.1 Å². The highest BCUT2D eigenvalue weighted by atomic mass is 32.2. The van der Waals surface area contributed by atoms with Crippen molar-refractivity contribution in [1.29, 1.82) is 0 Å². The van der Waals surface area contributed by atoms with Gasteiger partial charge in [0.1, 0.15) is 0 Å². The summed E-state index contributed by atoms with van der Waals surface area (Å²) in [6.45, 7) is 4.45. The molecule has 0 unspecified atom stereocenters. The summed E-state index contributed by atoms with van der Waals surface area (Å²) in [6, 6.07) is 0.155. The predicted molar refractivity (Wildman–Crippen MR) is 63.4 cm³/mol. The Morgan fingerprint density at radius 1 is 1.56 bits per heavy atom. The Hall–Kier alpha value is -1.08. The largest absolute Gasteiger partial charge is 0.408 e. The summed E-state index contributed by atoms with van der Waals surface area (Å²) in [4.78, 5) is 11.4. The number of nitrogens with two attached hydrogens (primary N) is 1. The van der Waals surface area contributed by atoms with E-state index in [1.165, 1.54) is 11.8 Å². The molecule has 0 saturated carbocycles. The van der Waals surface area contributed by atoms with Gasteiger partial charge in [0.15, 0.2) is 0 Å². The normalized spacial score (nSPS) is 10.8. The zero-order valence-electron chi connectivity index (χ0n) is 9.40. The van der Waals surface area contributed by atoms with E-state index < -0.39 is 0 Å². The number of nitrogens with one attached hydrogen (secondary N) is 1. The molecule has 6 nitrogen and oxygen atoms in total. The van der Waals surface area contributed by atoms with Crippen LogP contribution in [0.15, 0.2) is 4.42 Å². The van der Waals surface area contributed by atoms with Gasteiger partial charge >= 0.3 is 6.01 Å². The standard InChI is InChI=1S/C9H16N4O2S/c1-6(2)8-12-13-9(15-8)11-7(14)5-16-4-3-10/h6H,3-5,10H2,1-2H3,(H,11,13,14). The second-order valence-electron chi connectivity index (χ2n) is 3.49. The summed E-state index contributed by atoms with van der Waals surface area (Å²) in [7, 11) is 0. The van der Waals surface area contributed by atoms with Gasteiger partial charge in [0.25, 0.3) is 0 Å². The van der Waals surface area contributed by atoms with Crippen LogP contribution in [0.4, 0.5) is 6.01 Å². The van der Waals surface area contributed by atoms with Gasteiger partial charge in [0.2, 0.25) is 11.8 Å².